The predicted molar refractivity (Wildman–Crippen MR) is 78.7 cm³/mol. The molecule has 1 N–H and O–H groups in total. The molecule has 0 amide bonds. The SMILES string of the molecule is Cc1nc(N2CC(C)OC(CBr)C2)cc2n[nH]c(=O)n12. The van der Waals surface area contributed by atoms with Crippen LogP contribution in [0.4, 0.5) is 5.82 Å². The highest BCUT2D eigenvalue weighted by Crippen LogP contribution is 2.20. The van der Waals surface area contributed by atoms with Crippen molar-refractivity contribution in [3.8, 4) is 0 Å². The average Bonchev–Trinajstić information content (AvgIpc) is 2.80. The highest BCUT2D eigenvalue weighted by atomic mass is 79.9. The number of morpholine rings is 1. The summed E-state index contributed by atoms with van der Waals surface area (Å²) >= 11 is 3.46. The van der Waals surface area contributed by atoms with Gasteiger partial charge >= 0.3 is 5.69 Å². The molecular formula is C12H16BrN5O2. The Labute approximate surface area is 124 Å². The minimum absolute atomic E-state index is 0.137. The number of aryl methyl sites for hydroxylation is 1. The number of nitrogens with one attached hydrogen (secondary N) is 1. The van der Waals surface area contributed by atoms with Crippen LogP contribution < -0.4 is 10.6 Å². The Morgan fingerprint density at radius 1 is 1.55 bits per heavy atom. The Bertz CT molecular complexity index is 682. The van der Waals surface area contributed by atoms with Crippen molar-refractivity contribution in [3.05, 3.63) is 22.4 Å². The summed E-state index contributed by atoms with van der Waals surface area (Å²) in [5, 5.41) is 7.24. The maximum Gasteiger partial charge on any atom is 0.349 e. The van der Waals surface area contributed by atoms with E-state index >= 15 is 0 Å². The lowest BCUT2D eigenvalue weighted by molar-refractivity contribution is -0.00224. The number of alkyl halides is 1. The van der Waals surface area contributed by atoms with E-state index in [0.29, 0.717) is 11.5 Å². The zero-order valence-electron chi connectivity index (χ0n) is 11.3. The van der Waals surface area contributed by atoms with Gasteiger partial charge in [-0.1, -0.05) is 15.9 Å². The lowest BCUT2D eigenvalue weighted by atomic mass is 10.2. The van der Waals surface area contributed by atoms with Crippen LogP contribution in [0.25, 0.3) is 5.65 Å². The zero-order chi connectivity index (χ0) is 14.3. The second-order valence-corrected chi connectivity index (χ2v) is 5.66. The average molecular weight is 342 g/mol. The molecule has 7 nitrogen and oxygen atoms in total. The summed E-state index contributed by atoms with van der Waals surface area (Å²) in [5.41, 5.74) is 0.331. The minimum atomic E-state index is -0.259. The van der Waals surface area contributed by atoms with Gasteiger partial charge in [-0.25, -0.2) is 19.3 Å². The summed E-state index contributed by atoms with van der Waals surface area (Å²) < 4.78 is 7.28. The summed E-state index contributed by atoms with van der Waals surface area (Å²) in [4.78, 5) is 18.3. The third kappa shape index (κ3) is 2.33. The maximum atomic E-state index is 11.6. The van der Waals surface area contributed by atoms with E-state index in [1.165, 1.54) is 4.40 Å². The van der Waals surface area contributed by atoms with Gasteiger partial charge in [0.2, 0.25) is 0 Å². The van der Waals surface area contributed by atoms with Crippen molar-refractivity contribution in [2.24, 2.45) is 0 Å². The van der Waals surface area contributed by atoms with Crippen molar-refractivity contribution in [2.75, 3.05) is 23.3 Å². The molecule has 0 aromatic carbocycles. The summed E-state index contributed by atoms with van der Waals surface area (Å²) in [6, 6.07) is 1.83. The zero-order valence-corrected chi connectivity index (χ0v) is 12.9. The third-order valence-electron chi connectivity index (χ3n) is 3.38. The fraction of sp³-hybridized carbons (Fsp3) is 0.583. The number of rotatable bonds is 2. The van der Waals surface area contributed by atoms with E-state index in [0.717, 1.165) is 24.2 Å². The maximum absolute atomic E-state index is 11.6. The molecule has 2 aromatic rings. The fourth-order valence-corrected chi connectivity index (χ4v) is 2.92. The van der Waals surface area contributed by atoms with Gasteiger partial charge in [-0.2, -0.15) is 5.10 Å². The molecular weight excluding hydrogens is 326 g/mol. The smallest absolute Gasteiger partial charge is 0.349 e. The Morgan fingerprint density at radius 2 is 2.35 bits per heavy atom. The van der Waals surface area contributed by atoms with Gasteiger partial charge in [-0.3, -0.25) is 0 Å². The first kappa shape index (κ1) is 13.6. The molecule has 1 aliphatic rings. The van der Waals surface area contributed by atoms with Crippen LogP contribution in [0.1, 0.15) is 12.7 Å². The van der Waals surface area contributed by atoms with Crippen molar-refractivity contribution in [1.82, 2.24) is 19.6 Å². The number of nitrogens with zero attached hydrogens (tertiary/aromatic N) is 4. The Balaban J connectivity index is 1.99. The van der Waals surface area contributed by atoms with Gasteiger partial charge < -0.3 is 9.64 Å². The number of halogens is 1. The molecule has 3 rings (SSSR count). The van der Waals surface area contributed by atoms with Gasteiger partial charge in [0.05, 0.1) is 12.2 Å². The molecule has 1 fully saturated rings. The van der Waals surface area contributed by atoms with Crippen LogP contribution in [-0.2, 0) is 4.74 Å². The topological polar surface area (TPSA) is 75.5 Å². The number of H-pyrrole nitrogens is 1. The van der Waals surface area contributed by atoms with Crippen molar-refractivity contribution in [2.45, 2.75) is 26.1 Å². The molecule has 20 heavy (non-hydrogen) atoms. The van der Waals surface area contributed by atoms with Gasteiger partial charge in [0.1, 0.15) is 11.6 Å². The second kappa shape index (κ2) is 5.17. The monoisotopic (exact) mass is 341 g/mol. The Kier molecular flexibility index (Phi) is 3.51. The molecule has 3 heterocycles. The third-order valence-corrected chi connectivity index (χ3v) is 4.10. The molecule has 8 heteroatoms. The second-order valence-electron chi connectivity index (χ2n) is 5.01. The van der Waals surface area contributed by atoms with E-state index in [9.17, 15) is 4.79 Å². The van der Waals surface area contributed by atoms with Crippen LogP contribution in [0.5, 0.6) is 0 Å². The van der Waals surface area contributed by atoms with Crippen molar-refractivity contribution < 1.29 is 4.74 Å². The number of aromatic nitrogens is 4. The molecule has 2 unspecified atom stereocenters. The standard InChI is InChI=1S/C12H16BrN5O2/c1-7-5-17(6-9(4-13)20-7)10-3-11-15-16-12(19)18(11)8(2)14-10/h3,7,9H,4-6H2,1-2H3,(H,16,19). The summed E-state index contributed by atoms with van der Waals surface area (Å²) in [6.45, 7) is 5.40. The van der Waals surface area contributed by atoms with E-state index in [2.05, 4.69) is 36.0 Å². The van der Waals surface area contributed by atoms with Crippen molar-refractivity contribution in [3.63, 3.8) is 0 Å². The first-order valence-corrected chi connectivity index (χ1v) is 7.62. The number of fused-ring (bicyclic) bond motifs is 1. The number of hydrogen-bond acceptors (Lipinski definition) is 5. The number of anilines is 1. The summed E-state index contributed by atoms with van der Waals surface area (Å²) in [5.74, 6) is 1.46. The first-order valence-electron chi connectivity index (χ1n) is 6.49. The molecule has 0 saturated carbocycles. The van der Waals surface area contributed by atoms with Gasteiger partial charge in [0.25, 0.3) is 0 Å². The van der Waals surface area contributed by atoms with Crippen molar-refractivity contribution >= 4 is 27.4 Å². The first-order chi connectivity index (χ1) is 9.58. The molecule has 0 radical (unpaired) electrons. The minimum Gasteiger partial charge on any atom is -0.371 e. The summed E-state index contributed by atoms with van der Waals surface area (Å²) in [6.07, 6.45) is 0.282. The van der Waals surface area contributed by atoms with Crippen LogP contribution in [0.2, 0.25) is 0 Å². The molecule has 2 aromatic heterocycles. The highest BCUT2D eigenvalue weighted by molar-refractivity contribution is 9.09. The number of hydrogen-bond donors (Lipinski definition) is 1. The molecule has 1 saturated heterocycles. The van der Waals surface area contributed by atoms with E-state index in [4.69, 9.17) is 4.74 Å². The number of aromatic amines is 1. The fourth-order valence-electron chi connectivity index (χ4n) is 2.56. The van der Waals surface area contributed by atoms with Crippen LogP contribution in [0.3, 0.4) is 0 Å². The summed E-state index contributed by atoms with van der Waals surface area (Å²) in [7, 11) is 0. The van der Waals surface area contributed by atoms with E-state index in [-0.39, 0.29) is 17.9 Å². The van der Waals surface area contributed by atoms with Crippen LogP contribution >= 0.6 is 15.9 Å². The van der Waals surface area contributed by atoms with E-state index < -0.39 is 0 Å². The molecule has 0 bridgehead atoms. The lowest BCUT2D eigenvalue weighted by Crippen LogP contribution is -2.47. The Morgan fingerprint density at radius 3 is 3.10 bits per heavy atom. The van der Waals surface area contributed by atoms with Gasteiger partial charge in [-0.15, -0.1) is 0 Å². The van der Waals surface area contributed by atoms with Gasteiger partial charge in [0.15, 0.2) is 5.65 Å². The molecule has 0 spiro atoms. The van der Waals surface area contributed by atoms with E-state index in [1.54, 1.807) is 6.92 Å². The predicted octanol–water partition coefficient (Wildman–Crippen LogP) is 0.715. The van der Waals surface area contributed by atoms with Crippen LogP contribution in [-0.4, -0.2) is 50.2 Å². The quantitative estimate of drug-likeness (QED) is 0.814. The van der Waals surface area contributed by atoms with E-state index in [1.807, 2.05) is 13.0 Å². The molecule has 0 aliphatic carbocycles. The molecule has 2 atom stereocenters. The van der Waals surface area contributed by atoms with Crippen LogP contribution in [0.15, 0.2) is 10.9 Å². The largest absolute Gasteiger partial charge is 0.371 e. The van der Waals surface area contributed by atoms with Crippen molar-refractivity contribution in [1.29, 1.82) is 0 Å². The van der Waals surface area contributed by atoms with Gasteiger partial charge in [-0.05, 0) is 13.8 Å². The number of ether oxygens (including phenoxy) is 1. The highest BCUT2D eigenvalue weighted by Gasteiger charge is 2.26. The normalized spacial score (nSPS) is 23.4. The molecule has 1 aliphatic heterocycles. The van der Waals surface area contributed by atoms with Gasteiger partial charge in [0, 0.05) is 24.5 Å². The Hall–Kier alpha value is -1.41. The lowest BCUT2D eigenvalue weighted by Gasteiger charge is -2.36. The molecule has 108 valence electrons. The van der Waals surface area contributed by atoms with Crippen LogP contribution in [0, 0.1) is 6.92 Å².